The number of ether oxygens (including phenoxy) is 1. The van der Waals surface area contributed by atoms with Gasteiger partial charge in [0.2, 0.25) is 0 Å². The first-order chi connectivity index (χ1) is 9.81. The molecule has 1 fully saturated rings. The van der Waals surface area contributed by atoms with Crippen LogP contribution in [0.3, 0.4) is 0 Å². The van der Waals surface area contributed by atoms with Gasteiger partial charge in [-0.3, -0.25) is 0 Å². The predicted molar refractivity (Wildman–Crippen MR) is 85.4 cm³/mol. The Bertz CT molecular complexity index is 372. The van der Waals surface area contributed by atoms with Gasteiger partial charge >= 0.3 is 0 Å². The first-order valence-corrected chi connectivity index (χ1v) is 8.17. The second kappa shape index (κ2) is 8.31. The number of hydrogen-bond donors (Lipinski definition) is 0. The maximum Gasteiger partial charge on any atom is 0.118 e. The van der Waals surface area contributed by atoms with Gasteiger partial charge in [0.15, 0.2) is 0 Å². The van der Waals surface area contributed by atoms with E-state index in [1.807, 2.05) is 0 Å². The van der Waals surface area contributed by atoms with Gasteiger partial charge < -0.3 is 9.64 Å². The van der Waals surface area contributed by atoms with Gasteiger partial charge in [-0.05, 0) is 68.8 Å². The number of benzene rings is 1. The van der Waals surface area contributed by atoms with Crippen LogP contribution in [0.15, 0.2) is 24.3 Å². The molecule has 1 heterocycles. The number of hydrogen-bond acceptors (Lipinski definition) is 2. The number of nitrogens with zero attached hydrogens (tertiary/aromatic N) is 1. The maximum atomic E-state index is 5.20. The second-order valence-electron chi connectivity index (χ2n) is 6.05. The lowest BCUT2D eigenvalue weighted by molar-refractivity contribution is 0.166. The standard InChI is InChI=1S/C18H29NO/c1-3-6-17-8-5-14-19(15-17)13-4-7-16-9-11-18(20-2)12-10-16/h9-12,17H,3-8,13-15H2,1-2H3. The highest BCUT2D eigenvalue weighted by Gasteiger charge is 2.18. The lowest BCUT2D eigenvalue weighted by atomic mass is 9.93. The van der Waals surface area contributed by atoms with Crippen molar-refractivity contribution in [2.45, 2.75) is 45.4 Å². The molecule has 1 unspecified atom stereocenters. The summed E-state index contributed by atoms with van der Waals surface area (Å²) in [5, 5.41) is 0. The Balaban J connectivity index is 1.69. The fraction of sp³-hybridized carbons (Fsp3) is 0.667. The molecule has 2 rings (SSSR count). The smallest absolute Gasteiger partial charge is 0.118 e. The summed E-state index contributed by atoms with van der Waals surface area (Å²) in [4.78, 5) is 2.67. The van der Waals surface area contributed by atoms with Gasteiger partial charge in [0.05, 0.1) is 7.11 Å². The van der Waals surface area contributed by atoms with Gasteiger partial charge in [-0.2, -0.15) is 0 Å². The van der Waals surface area contributed by atoms with Gasteiger partial charge in [0.25, 0.3) is 0 Å². The van der Waals surface area contributed by atoms with E-state index in [0.29, 0.717) is 0 Å². The SMILES string of the molecule is CCCC1CCCN(CCCc2ccc(OC)cc2)C1. The highest BCUT2D eigenvalue weighted by molar-refractivity contribution is 5.27. The van der Waals surface area contributed by atoms with Crippen LogP contribution in [0.5, 0.6) is 5.75 Å². The lowest BCUT2D eigenvalue weighted by Crippen LogP contribution is -2.36. The minimum absolute atomic E-state index is 0.951. The molecule has 0 amide bonds. The third-order valence-electron chi connectivity index (χ3n) is 4.40. The first kappa shape index (κ1) is 15.4. The lowest BCUT2D eigenvalue weighted by Gasteiger charge is -2.32. The molecule has 0 bridgehead atoms. The first-order valence-electron chi connectivity index (χ1n) is 8.17. The normalized spacial score (nSPS) is 20.0. The van der Waals surface area contributed by atoms with Crippen molar-refractivity contribution in [3.63, 3.8) is 0 Å². The van der Waals surface area contributed by atoms with Crippen molar-refractivity contribution in [2.24, 2.45) is 5.92 Å². The average molecular weight is 275 g/mol. The molecule has 1 aliphatic heterocycles. The fourth-order valence-corrected chi connectivity index (χ4v) is 3.30. The van der Waals surface area contributed by atoms with E-state index in [2.05, 4.69) is 36.1 Å². The number of aryl methyl sites for hydroxylation is 1. The Hall–Kier alpha value is -1.02. The summed E-state index contributed by atoms with van der Waals surface area (Å²) in [6, 6.07) is 8.50. The number of methoxy groups -OCH3 is 1. The topological polar surface area (TPSA) is 12.5 Å². The van der Waals surface area contributed by atoms with E-state index in [-0.39, 0.29) is 0 Å². The van der Waals surface area contributed by atoms with E-state index in [1.54, 1.807) is 7.11 Å². The van der Waals surface area contributed by atoms with Crippen molar-refractivity contribution in [1.29, 1.82) is 0 Å². The zero-order valence-corrected chi connectivity index (χ0v) is 13.1. The molecule has 0 radical (unpaired) electrons. The Morgan fingerprint density at radius 1 is 1.25 bits per heavy atom. The largest absolute Gasteiger partial charge is 0.497 e. The van der Waals surface area contributed by atoms with Gasteiger partial charge in [0, 0.05) is 6.54 Å². The van der Waals surface area contributed by atoms with E-state index in [1.165, 1.54) is 63.7 Å². The molecule has 1 aromatic carbocycles. The average Bonchev–Trinajstić information content (AvgIpc) is 2.49. The number of rotatable bonds is 7. The van der Waals surface area contributed by atoms with Crippen LogP contribution < -0.4 is 4.74 Å². The number of likely N-dealkylation sites (tertiary alicyclic amines) is 1. The summed E-state index contributed by atoms with van der Waals surface area (Å²) >= 11 is 0. The van der Waals surface area contributed by atoms with Crippen LogP contribution >= 0.6 is 0 Å². The van der Waals surface area contributed by atoms with Crippen LogP contribution in [0.1, 0.15) is 44.6 Å². The van der Waals surface area contributed by atoms with E-state index in [4.69, 9.17) is 4.74 Å². The maximum absolute atomic E-state index is 5.20. The molecule has 2 heteroatoms. The minimum atomic E-state index is 0.951. The molecule has 112 valence electrons. The Labute approximate surface area is 124 Å². The van der Waals surface area contributed by atoms with Crippen molar-refractivity contribution in [2.75, 3.05) is 26.7 Å². The van der Waals surface area contributed by atoms with Crippen LogP contribution in [0.25, 0.3) is 0 Å². The highest BCUT2D eigenvalue weighted by atomic mass is 16.5. The van der Waals surface area contributed by atoms with Crippen molar-refractivity contribution < 1.29 is 4.74 Å². The molecular formula is C18H29NO. The van der Waals surface area contributed by atoms with Crippen LogP contribution in [0, 0.1) is 5.92 Å². The third-order valence-corrected chi connectivity index (χ3v) is 4.40. The van der Waals surface area contributed by atoms with Crippen LogP contribution in [0.4, 0.5) is 0 Å². The second-order valence-corrected chi connectivity index (χ2v) is 6.05. The molecule has 0 aliphatic carbocycles. The summed E-state index contributed by atoms with van der Waals surface area (Å²) < 4.78 is 5.20. The molecule has 20 heavy (non-hydrogen) atoms. The third kappa shape index (κ3) is 4.82. The summed E-state index contributed by atoms with van der Waals surface area (Å²) in [5.41, 5.74) is 1.42. The van der Waals surface area contributed by atoms with Crippen molar-refractivity contribution in [1.82, 2.24) is 4.90 Å². The highest BCUT2D eigenvalue weighted by Crippen LogP contribution is 2.21. The minimum Gasteiger partial charge on any atom is -0.497 e. The Morgan fingerprint density at radius 3 is 2.75 bits per heavy atom. The Morgan fingerprint density at radius 2 is 2.05 bits per heavy atom. The van der Waals surface area contributed by atoms with E-state index < -0.39 is 0 Å². The molecule has 0 N–H and O–H groups in total. The molecule has 0 saturated carbocycles. The van der Waals surface area contributed by atoms with E-state index in [0.717, 1.165) is 11.7 Å². The molecule has 0 aromatic heterocycles. The summed E-state index contributed by atoms with van der Waals surface area (Å²) in [5.74, 6) is 1.90. The van der Waals surface area contributed by atoms with E-state index >= 15 is 0 Å². The predicted octanol–water partition coefficient (Wildman–Crippen LogP) is 4.14. The molecular weight excluding hydrogens is 246 g/mol. The van der Waals surface area contributed by atoms with Crippen LogP contribution in [0.2, 0.25) is 0 Å². The molecule has 1 saturated heterocycles. The molecule has 0 spiro atoms. The van der Waals surface area contributed by atoms with Crippen molar-refractivity contribution in [3.8, 4) is 5.75 Å². The van der Waals surface area contributed by atoms with Gasteiger partial charge in [0.1, 0.15) is 5.75 Å². The fourth-order valence-electron chi connectivity index (χ4n) is 3.30. The van der Waals surface area contributed by atoms with Gasteiger partial charge in [-0.1, -0.05) is 25.5 Å². The number of piperidine rings is 1. The molecule has 1 aliphatic rings. The quantitative estimate of drug-likeness (QED) is 0.741. The summed E-state index contributed by atoms with van der Waals surface area (Å²) in [6.45, 7) is 6.20. The Kier molecular flexibility index (Phi) is 6.38. The zero-order chi connectivity index (χ0) is 14.2. The summed E-state index contributed by atoms with van der Waals surface area (Å²) in [7, 11) is 1.72. The zero-order valence-electron chi connectivity index (χ0n) is 13.1. The monoisotopic (exact) mass is 275 g/mol. The molecule has 1 atom stereocenters. The molecule has 1 aromatic rings. The van der Waals surface area contributed by atoms with Crippen LogP contribution in [-0.2, 0) is 6.42 Å². The van der Waals surface area contributed by atoms with Crippen molar-refractivity contribution >= 4 is 0 Å². The van der Waals surface area contributed by atoms with Gasteiger partial charge in [-0.15, -0.1) is 0 Å². The van der Waals surface area contributed by atoms with Crippen molar-refractivity contribution in [3.05, 3.63) is 29.8 Å². The molecule has 2 nitrogen and oxygen atoms in total. The van der Waals surface area contributed by atoms with Crippen LogP contribution in [-0.4, -0.2) is 31.6 Å². The van der Waals surface area contributed by atoms with E-state index in [9.17, 15) is 0 Å². The van der Waals surface area contributed by atoms with Gasteiger partial charge in [-0.25, -0.2) is 0 Å². The summed E-state index contributed by atoms with van der Waals surface area (Å²) in [6.07, 6.45) is 8.04.